The highest BCUT2D eigenvalue weighted by atomic mass is 35.5. The molecule has 1 amide bonds. The Balaban J connectivity index is 1.68. The van der Waals surface area contributed by atoms with Crippen molar-refractivity contribution in [2.75, 3.05) is 20.8 Å². The molecule has 3 aromatic rings. The zero-order valence-electron chi connectivity index (χ0n) is 25.8. The maximum absolute atomic E-state index is 14.3. The lowest BCUT2D eigenvalue weighted by Gasteiger charge is -2.47. The van der Waals surface area contributed by atoms with Gasteiger partial charge in [0.15, 0.2) is 11.5 Å². The van der Waals surface area contributed by atoms with Crippen molar-refractivity contribution in [2.45, 2.75) is 77.0 Å². The first-order valence-corrected chi connectivity index (χ1v) is 16.0. The van der Waals surface area contributed by atoms with Crippen LogP contribution >= 0.6 is 34.5 Å². The molecule has 0 N–H and O–H groups in total. The summed E-state index contributed by atoms with van der Waals surface area (Å²) in [5.41, 5.74) is 0.966. The molecule has 44 heavy (non-hydrogen) atoms. The summed E-state index contributed by atoms with van der Waals surface area (Å²) in [6.45, 7) is 7.90. The zero-order valence-corrected chi connectivity index (χ0v) is 28.1. The molecule has 0 radical (unpaired) electrons. The molecular weight excluding hydrogens is 625 g/mol. The molecule has 1 aliphatic heterocycles. The Morgan fingerprint density at radius 3 is 2.41 bits per heavy atom. The minimum atomic E-state index is -1.07. The summed E-state index contributed by atoms with van der Waals surface area (Å²) in [5, 5.41) is 0.534. The van der Waals surface area contributed by atoms with E-state index in [-0.39, 0.29) is 25.0 Å². The Labute approximate surface area is 273 Å². The maximum atomic E-state index is 14.3. The molecule has 0 spiro atoms. The molecule has 1 saturated heterocycles. The van der Waals surface area contributed by atoms with Crippen LogP contribution in [0.1, 0.15) is 68.7 Å². The number of halogens is 2. The van der Waals surface area contributed by atoms with Crippen LogP contribution in [0.15, 0.2) is 54.6 Å². The smallest absolute Gasteiger partial charge is 0.309 e. The van der Waals surface area contributed by atoms with Gasteiger partial charge in [0.1, 0.15) is 17.8 Å². The van der Waals surface area contributed by atoms with Crippen LogP contribution in [-0.4, -0.2) is 55.3 Å². The molecule has 2 aromatic carbocycles. The van der Waals surface area contributed by atoms with E-state index < -0.39 is 29.8 Å². The van der Waals surface area contributed by atoms with E-state index in [0.717, 1.165) is 16.0 Å². The number of ether oxygens (including phenoxy) is 5. The lowest BCUT2D eigenvalue weighted by atomic mass is 9.93. The summed E-state index contributed by atoms with van der Waals surface area (Å²) in [7, 11) is 3.17. The van der Waals surface area contributed by atoms with Crippen LogP contribution in [0.3, 0.4) is 0 Å². The van der Waals surface area contributed by atoms with E-state index in [2.05, 4.69) is 0 Å². The third-order valence-electron chi connectivity index (χ3n) is 7.15. The number of thiophene rings is 1. The standard InChI is InChI=1S/C33H39Cl2NO7S/c1-7-23(19-41-18-20-11-12-24(39-5)25(15-20)40-6)36-30(27-13-14-28(35)44-27)31(21-9-8-10-22(34)16-21)42-26(32(36)38)17-29(37)43-33(2,3)4/h8-16,23,26,30-31H,7,17-19H2,1-6H3/t23-,26-,30+,31+/m0/s1. The van der Waals surface area contributed by atoms with Gasteiger partial charge in [0, 0.05) is 9.90 Å². The lowest BCUT2D eigenvalue weighted by molar-refractivity contribution is -0.188. The Morgan fingerprint density at radius 2 is 1.80 bits per heavy atom. The number of carbonyl (C=O) groups excluding carboxylic acids is 2. The van der Waals surface area contributed by atoms with Gasteiger partial charge >= 0.3 is 5.97 Å². The van der Waals surface area contributed by atoms with E-state index in [1.165, 1.54) is 11.3 Å². The molecular formula is C33H39Cl2NO7S. The fraction of sp³-hybridized carbons (Fsp3) is 0.455. The fourth-order valence-electron chi connectivity index (χ4n) is 5.23. The summed E-state index contributed by atoms with van der Waals surface area (Å²) >= 11 is 14.2. The lowest BCUT2D eigenvalue weighted by Crippen LogP contribution is -2.56. The van der Waals surface area contributed by atoms with Gasteiger partial charge in [-0.25, -0.2) is 0 Å². The van der Waals surface area contributed by atoms with Crippen molar-refractivity contribution < 1.29 is 33.3 Å². The molecule has 11 heteroatoms. The average Bonchev–Trinajstić information content (AvgIpc) is 3.41. The van der Waals surface area contributed by atoms with E-state index in [0.29, 0.717) is 33.9 Å². The third-order valence-corrected chi connectivity index (χ3v) is 8.69. The van der Waals surface area contributed by atoms with Gasteiger partial charge in [-0.1, -0.05) is 48.3 Å². The van der Waals surface area contributed by atoms with Crippen LogP contribution < -0.4 is 9.47 Å². The predicted octanol–water partition coefficient (Wildman–Crippen LogP) is 7.81. The molecule has 8 nitrogen and oxygen atoms in total. The second-order valence-corrected chi connectivity index (χ2v) is 13.7. The number of benzene rings is 2. The van der Waals surface area contributed by atoms with Gasteiger partial charge in [0.25, 0.3) is 5.91 Å². The SMILES string of the molecule is CC[C@@H](COCc1ccc(OC)c(OC)c1)N1C(=O)[C@H](CC(=O)OC(C)(C)C)O[C@H](c2cccc(Cl)c2)[C@H]1c1ccc(Cl)s1. The number of hydrogen-bond donors (Lipinski definition) is 0. The second-order valence-electron chi connectivity index (χ2n) is 11.5. The highest BCUT2D eigenvalue weighted by Gasteiger charge is 2.48. The van der Waals surface area contributed by atoms with E-state index in [1.54, 1.807) is 52.0 Å². The molecule has 1 fully saturated rings. The van der Waals surface area contributed by atoms with Crippen LogP contribution in [0.4, 0.5) is 0 Å². The number of amides is 1. The first-order chi connectivity index (χ1) is 20.9. The van der Waals surface area contributed by atoms with Crippen molar-refractivity contribution in [3.63, 3.8) is 0 Å². The molecule has 1 aliphatic rings. The normalized spacial score (nSPS) is 19.5. The molecule has 4 atom stereocenters. The highest BCUT2D eigenvalue weighted by molar-refractivity contribution is 7.16. The van der Waals surface area contributed by atoms with Gasteiger partial charge in [-0.3, -0.25) is 9.59 Å². The highest BCUT2D eigenvalue weighted by Crippen LogP contribution is 2.47. The number of methoxy groups -OCH3 is 2. The number of hydrogen-bond acceptors (Lipinski definition) is 8. The predicted molar refractivity (Wildman–Crippen MR) is 172 cm³/mol. The Hall–Kier alpha value is -2.82. The Kier molecular flexibility index (Phi) is 11.6. The monoisotopic (exact) mass is 663 g/mol. The third kappa shape index (κ3) is 8.46. The quantitative estimate of drug-likeness (QED) is 0.183. The van der Waals surface area contributed by atoms with Gasteiger partial charge in [0.2, 0.25) is 0 Å². The van der Waals surface area contributed by atoms with Crippen molar-refractivity contribution >= 4 is 46.4 Å². The summed E-state index contributed by atoms with van der Waals surface area (Å²) in [6.07, 6.45) is -1.34. The first kappa shape index (κ1) is 34.1. The second kappa shape index (κ2) is 15.0. The molecule has 0 bridgehead atoms. The van der Waals surface area contributed by atoms with Crippen LogP contribution in [-0.2, 0) is 30.4 Å². The molecule has 0 unspecified atom stereocenters. The summed E-state index contributed by atoms with van der Waals surface area (Å²) < 4.78 is 29.6. The molecule has 2 heterocycles. The van der Waals surface area contributed by atoms with E-state index in [4.69, 9.17) is 46.9 Å². The summed E-state index contributed by atoms with van der Waals surface area (Å²) in [4.78, 5) is 29.9. The molecule has 0 saturated carbocycles. The number of esters is 1. The number of rotatable bonds is 12. The van der Waals surface area contributed by atoms with Crippen molar-refractivity contribution in [2.24, 2.45) is 0 Å². The summed E-state index contributed by atoms with van der Waals surface area (Å²) in [5.74, 6) is 0.399. The number of nitrogens with zero attached hydrogens (tertiary/aromatic N) is 1. The fourth-order valence-corrected chi connectivity index (χ4v) is 6.62. The molecule has 238 valence electrons. The largest absolute Gasteiger partial charge is 0.493 e. The first-order valence-electron chi connectivity index (χ1n) is 14.4. The Morgan fingerprint density at radius 1 is 1.05 bits per heavy atom. The van der Waals surface area contributed by atoms with Crippen LogP contribution in [0.25, 0.3) is 0 Å². The van der Waals surface area contributed by atoms with Crippen molar-refractivity contribution in [1.29, 1.82) is 0 Å². The van der Waals surface area contributed by atoms with Gasteiger partial charge in [-0.05, 0) is 74.7 Å². The maximum Gasteiger partial charge on any atom is 0.309 e. The van der Waals surface area contributed by atoms with Gasteiger partial charge in [-0.15, -0.1) is 11.3 Å². The van der Waals surface area contributed by atoms with Crippen LogP contribution in [0.5, 0.6) is 11.5 Å². The van der Waals surface area contributed by atoms with Crippen LogP contribution in [0, 0.1) is 0 Å². The minimum Gasteiger partial charge on any atom is -0.493 e. The Bertz CT molecular complexity index is 1440. The van der Waals surface area contributed by atoms with Crippen molar-refractivity contribution in [1.82, 2.24) is 4.90 Å². The van der Waals surface area contributed by atoms with Crippen LogP contribution in [0.2, 0.25) is 9.36 Å². The average molecular weight is 665 g/mol. The topological polar surface area (TPSA) is 83.5 Å². The minimum absolute atomic E-state index is 0.232. The van der Waals surface area contributed by atoms with E-state index in [9.17, 15) is 9.59 Å². The van der Waals surface area contributed by atoms with Crippen molar-refractivity contribution in [3.05, 3.63) is 80.0 Å². The van der Waals surface area contributed by atoms with Gasteiger partial charge in [0.05, 0.1) is 50.3 Å². The van der Waals surface area contributed by atoms with E-state index in [1.807, 2.05) is 49.4 Å². The summed E-state index contributed by atoms with van der Waals surface area (Å²) in [6, 6.07) is 15.8. The number of carbonyl (C=O) groups is 2. The van der Waals surface area contributed by atoms with Gasteiger partial charge < -0.3 is 28.6 Å². The van der Waals surface area contributed by atoms with E-state index >= 15 is 0 Å². The van der Waals surface area contributed by atoms with Gasteiger partial charge in [-0.2, -0.15) is 0 Å². The molecule has 0 aliphatic carbocycles. The zero-order chi connectivity index (χ0) is 32.0. The number of morpholine rings is 1. The van der Waals surface area contributed by atoms with Crippen molar-refractivity contribution in [3.8, 4) is 11.5 Å². The molecule has 4 rings (SSSR count). The molecule has 1 aromatic heterocycles.